The first-order valence-corrected chi connectivity index (χ1v) is 7.68. The van der Waals surface area contributed by atoms with Crippen molar-refractivity contribution in [1.82, 2.24) is 0 Å². The number of benzodiazepines with no additional fused rings is 1. The second kappa shape index (κ2) is 7.03. The number of hydrogen-bond donors (Lipinski definition) is 0. The number of benzene rings is 2. The second-order valence-corrected chi connectivity index (χ2v) is 4.93. The van der Waals surface area contributed by atoms with Gasteiger partial charge in [0.2, 0.25) is 0 Å². The van der Waals surface area contributed by atoms with E-state index in [0.29, 0.717) is 0 Å². The van der Waals surface area contributed by atoms with Gasteiger partial charge in [0, 0.05) is 18.2 Å². The van der Waals surface area contributed by atoms with Gasteiger partial charge in [-0.3, -0.25) is 9.79 Å². The molecule has 1 amide bonds. The van der Waals surface area contributed by atoms with Gasteiger partial charge in [0.1, 0.15) is 6.04 Å². The molecule has 1 atom stereocenters. The zero-order valence-electron chi connectivity index (χ0n) is 13.6. The summed E-state index contributed by atoms with van der Waals surface area (Å²) in [5.41, 5.74) is 3.82. The molecule has 1 heterocycles. The molecule has 2 aromatic rings. The van der Waals surface area contributed by atoms with Crippen LogP contribution in [-0.4, -0.2) is 24.7 Å². The van der Waals surface area contributed by atoms with Gasteiger partial charge in [-0.05, 0) is 13.0 Å². The van der Waals surface area contributed by atoms with Crippen molar-refractivity contribution in [2.24, 2.45) is 4.99 Å². The molecule has 3 heteroatoms. The van der Waals surface area contributed by atoms with Crippen molar-refractivity contribution in [3.63, 3.8) is 0 Å². The van der Waals surface area contributed by atoms with Gasteiger partial charge in [-0.25, -0.2) is 0 Å². The Labute approximate surface area is 132 Å². The lowest BCUT2D eigenvalue weighted by Gasteiger charge is -2.18. The molecule has 22 heavy (non-hydrogen) atoms. The first kappa shape index (κ1) is 16.0. The fourth-order valence-electron chi connectivity index (χ4n) is 2.51. The number of hydrogen-bond acceptors (Lipinski definition) is 2. The van der Waals surface area contributed by atoms with E-state index in [4.69, 9.17) is 0 Å². The van der Waals surface area contributed by atoms with E-state index in [0.717, 1.165) is 22.5 Å². The Kier molecular flexibility index (Phi) is 5.10. The third-order valence-electron chi connectivity index (χ3n) is 3.58. The van der Waals surface area contributed by atoms with Crippen LogP contribution in [0.5, 0.6) is 0 Å². The summed E-state index contributed by atoms with van der Waals surface area (Å²) in [5, 5.41) is 0. The highest BCUT2D eigenvalue weighted by atomic mass is 16.2. The highest BCUT2D eigenvalue weighted by molar-refractivity contribution is 6.19. The number of fused-ring (bicyclic) bond motifs is 1. The average molecular weight is 294 g/mol. The third kappa shape index (κ3) is 2.93. The monoisotopic (exact) mass is 294 g/mol. The van der Waals surface area contributed by atoms with Crippen LogP contribution >= 0.6 is 0 Å². The summed E-state index contributed by atoms with van der Waals surface area (Å²) in [5.74, 6) is 0.0170. The van der Waals surface area contributed by atoms with Crippen LogP contribution in [0.3, 0.4) is 0 Å². The molecular formula is C19H22N2O. The molecular weight excluding hydrogens is 272 g/mol. The maximum Gasteiger partial charge on any atom is 0.251 e. The van der Waals surface area contributed by atoms with Gasteiger partial charge in [0.05, 0.1) is 11.4 Å². The van der Waals surface area contributed by atoms with Gasteiger partial charge in [-0.1, -0.05) is 62.4 Å². The minimum Gasteiger partial charge on any atom is -0.313 e. The molecule has 0 fully saturated rings. The van der Waals surface area contributed by atoms with E-state index in [1.54, 1.807) is 11.9 Å². The Morgan fingerprint density at radius 3 is 2.23 bits per heavy atom. The van der Waals surface area contributed by atoms with Crippen LogP contribution in [0.1, 0.15) is 31.9 Å². The molecule has 0 saturated carbocycles. The van der Waals surface area contributed by atoms with Crippen molar-refractivity contribution in [3.8, 4) is 0 Å². The molecule has 3 rings (SSSR count). The lowest BCUT2D eigenvalue weighted by molar-refractivity contribution is -0.119. The summed E-state index contributed by atoms with van der Waals surface area (Å²) in [4.78, 5) is 18.6. The zero-order valence-corrected chi connectivity index (χ0v) is 13.6. The van der Waals surface area contributed by atoms with E-state index in [1.807, 2.05) is 75.4 Å². The topological polar surface area (TPSA) is 32.7 Å². The Morgan fingerprint density at radius 2 is 1.55 bits per heavy atom. The Hall–Kier alpha value is -2.42. The Balaban J connectivity index is 0.000000847. The van der Waals surface area contributed by atoms with E-state index in [1.165, 1.54) is 0 Å². The molecule has 0 N–H and O–H groups in total. The van der Waals surface area contributed by atoms with Crippen molar-refractivity contribution < 1.29 is 4.79 Å². The number of carbonyl (C=O) groups is 1. The second-order valence-electron chi connectivity index (χ2n) is 4.93. The molecule has 0 radical (unpaired) electrons. The van der Waals surface area contributed by atoms with Gasteiger partial charge in [-0.15, -0.1) is 0 Å². The fraction of sp³-hybridized carbons (Fsp3) is 0.263. The van der Waals surface area contributed by atoms with E-state index in [2.05, 4.69) is 4.99 Å². The number of rotatable bonds is 1. The Bertz CT molecular complexity index is 677. The number of aliphatic imine (C=N–C) groups is 1. The van der Waals surface area contributed by atoms with Crippen molar-refractivity contribution in [3.05, 3.63) is 65.7 Å². The molecule has 114 valence electrons. The number of amides is 1. The summed E-state index contributed by atoms with van der Waals surface area (Å²) in [6.45, 7) is 5.84. The van der Waals surface area contributed by atoms with Gasteiger partial charge in [0.15, 0.2) is 0 Å². The summed E-state index contributed by atoms with van der Waals surface area (Å²) < 4.78 is 0. The van der Waals surface area contributed by atoms with Crippen LogP contribution in [0.2, 0.25) is 0 Å². The molecule has 0 spiro atoms. The number of anilines is 1. The minimum atomic E-state index is -0.373. The SMILES string of the molecule is CC.CC1N=C(c2ccccc2)c2ccccc2N(C)C1=O. The van der Waals surface area contributed by atoms with Crippen molar-refractivity contribution in [1.29, 1.82) is 0 Å². The predicted molar refractivity (Wildman–Crippen MR) is 92.7 cm³/mol. The van der Waals surface area contributed by atoms with Gasteiger partial charge < -0.3 is 4.90 Å². The largest absolute Gasteiger partial charge is 0.313 e. The summed E-state index contributed by atoms with van der Waals surface area (Å²) in [6, 6.07) is 17.5. The molecule has 0 aliphatic carbocycles. The number of carbonyl (C=O) groups excluding carboxylic acids is 1. The normalized spacial score (nSPS) is 16.9. The quantitative estimate of drug-likeness (QED) is 0.784. The minimum absolute atomic E-state index is 0.0170. The number of para-hydroxylation sites is 1. The van der Waals surface area contributed by atoms with E-state index >= 15 is 0 Å². The van der Waals surface area contributed by atoms with Crippen LogP contribution in [-0.2, 0) is 4.79 Å². The van der Waals surface area contributed by atoms with Crippen LogP contribution in [0.15, 0.2) is 59.6 Å². The smallest absolute Gasteiger partial charge is 0.251 e. The maximum absolute atomic E-state index is 12.3. The van der Waals surface area contributed by atoms with Crippen LogP contribution < -0.4 is 4.90 Å². The highest BCUT2D eigenvalue weighted by Crippen LogP contribution is 2.27. The molecule has 1 aliphatic heterocycles. The van der Waals surface area contributed by atoms with Crippen molar-refractivity contribution in [2.75, 3.05) is 11.9 Å². The zero-order chi connectivity index (χ0) is 16.1. The van der Waals surface area contributed by atoms with E-state index < -0.39 is 0 Å². The van der Waals surface area contributed by atoms with Crippen LogP contribution in [0.4, 0.5) is 5.69 Å². The first-order valence-electron chi connectivity index (χ1n) is 7.68. The standard InChI is InChI=1S/C17H16N2O.C2H6/c1-12-17(20)19(2)15-11-7-6-10-14(15)16(18-12)13-8-4-3-5-9-13;1-2/h3-12H,1-2H3;1-2H3. The predicted octanol–water partition coefficient (Wildman–Crippen LogP) is 3.92. The van der Waals surface area contributed by atoms with Gasteiger partial charge >= 0.3 is 0 Å². The molecule has 3 nitrogen and oxygen atoms in total. The summed E-state index contributed by atoms with van der Waals surface area (Å²) >= 11 is 0. The highest BCUT2D eigenvalue weighted by Gasteiger charge is 2.26. The van der Waals surface area contributed by atoms with Crippen LogP contribution in [0.25, 0.3) is 0 Å². The summed E-state index contributed by atoms with van der Waals surface area (Å²) in [7, 11) is 1.81. The van der Waals surface area contributed by atoms with Crippen molar-refractivity contribution in [2.45, 2.75) is 26.8 Å². The number of nitrogens with zero attached hydrogens (tertiary/aromatic N) is 2. The van der Waals surface area contributed by atoms with Crippen molar-refractivity contribution >= 4 is 17.3 Å². The number of likely N-dealkylation sites (N-methyl/N-ethyl adjacent to an activating group) is 1. The van der Waals surface area contributed by atoms with E-state index in [-0.39, 0.29) is 11.9 Å². The molecule has 1 aliphatic rings. The molecule has 1 unspecified atom stereocenters. The fourth-order valence-corrected chi connectivity index (χ4v) is 2.51. The maximum atomic E-state index is 12.3. The molecule has 0 bridgehead atoms. The Morgan fingerprint density at radius 1 is 0.955 bits per heavy atom. The third-order valence-corrected chi connectivity index (χ3v) is 3.58. The van der Waals surface area contributed by atoms with Gasteiger partial charge in [0.25, 0.3) is 5.91 Å². The molecule has 2 aromatic carbocycles. The lowest BCUT2D eigenvalue weighted by Crippen LogP contribution is -2.32. The average Bonchev–Trinajstić information content (AvgIpc) is 2.69. The summed E-state index contributed by atoms with van der Waals surface area (Å²) in [6.07, 6.45) is 0. The molecule has 0 saturated heterocycles. The van der Waals surface area contributed by atoms with E-state index in [9.17, 15) is 4.79 Å². The van der Waals surface area contributed by atoms with Gasteiger partial charge in [-0.2, -0.15) is 0 Å². The van der Waals surface area contributed by atoms with Crippen LogP contribution in [0, 0.1) is 0 Å². The first-order chi connectivity index (χ1) is 10.7. The molecule has 0 aromatic heterocycles. The lowest BCUT2D eigenvalue weighted by atomic mass is 10.0.